The Bertz CT molecular complexity index is 361. The molecule has 1 N–H and O–H groups in total. The van der Waals surface area contributed by atoms with E-state index in [1.807, 2.05) is 0 Å². The summed E-state index contributed by atoms with van der Waals surface area (Å²) in [5.74, 6) is 1.39. The number of halogens is 1. The van der Waals surface area contributed by atoms with Crippen LogP contribution in [-0.2, 0) is 11.3 Å². The first-order chi connectivity index (χ1) is 9.26. The molecule has 1 aromatic rings. The molecule has 5 heteroatoms. The van der Waals surface area contributed by atoms with Crippen molar-refractivity contribution in [3.8, 4) is 0 Å². The molecule has 1 heterocycles. The zero-order chi connectivity index (χ0) is 13.9. The quantitative estimate of drug-likeness (QED) is 0.520. The van der Waals surface area contributed by atoms with E-state index in [-0.39, 0.29) is 0 Å². The predicted octanol–water partition coefficient (Wildman–Crippen LogP) is 4.05. The van der Waals surface area contributed by atoms with Crippen LogP contribution in [0.15, 0.2) is 6.07 Å². The molecule has 0 atom stereocenters. The van der Waals surface area contributed by atoms with Crippen molar-refractivity contribution in [2.24, 2.45) is 0 Å². The standard InChI is InChI=1S/C14H24ClN3O/c1-3-4-5-6-7-8-9-16-13-10-12(15)17-14(18-13)11-19-2/h10H,3-9,11H2,1-2H3,(H,16,17,18). The van der Waals surface area contributed by atoms with Crippen LogP contribution in [0.2, 0.25) is 5.15 Å². The lowest BCUT2D eigenvalue weighted by Gasteiger charge is -2.07. The van der Waals surface area contributed by atoms with Crippen LogP contribution in [0, 0.1) is 0 Å². The van der Waals surface area contributed by atoms with Gasteiger partial charge >= 0.3 is 0 Å². The number of aromatic nitrogens is 2. The molecule has 19 heavy (non-hydrogen) atoms. The average molecular weight is 286 g/mol. The van der Waals surface area contributed by atoms with Gasteiger partial charge in [0.05, 0.1) is 0 Å². The summed E-state index contributed by atoms with van der Waals surface area (Å²) in [6, 6.07) is 1.75. The lowest BCUT2D eigenvalue weighted by atomic mass is 10.1. The number of hydrogen-bond donors (Lipinski definition) is 1. The Morgan fingerprint density at radius 2 is 1.89 bits per heavy atom. The summed E-state index contributed by atoms with van der Waals surface area (Å²) in [4.78, 5) is 8.43. The van der Waals surface area contributed by atoms with Gasteiger partial charge in [0.15, 0.2) is 5.82 Å². The summed E-state index contributed by atoms with van der Waals surface area (Å²) < 4.78 is 5.01. The average Bonchev–Trinajstić information content (AvgIpc) is 2.37. The number of hydrogen-bond acceptors (Lipinski definition) is 4. The van der Waals surface area contributed by atoms with Crippen molar-refractivity contribution in [2.75, 3.05) is 19.0 Å². The molecule has 0 aliphatic rings. The molecule has 0 aromatic carbocycles. The van der Waals surface area contributed by atoms with Gasteiger partial charge in [-0.1, -0.05) is 50.6 Å². The smallest absolute Gasteiger partial charge is 0.158 e. The summed E-state index contributed by atoms with van der Waals surface area (Å²) in [6.45, 7) is 3.54. The van der Waals surface area contributed by atoms with E-state index < -0.39 is 0 Å². The molecule has 1 rings (SSSR count). The van der Waals surface area contributed by atoms with Crippen molar-refractivity contribution in [3.63, 3.8) is 0 Å². The van der Waals surface area contributed by atoms with Crippen molar-refractivity contribution in [3.05, 3.63) is 17.0 Å². The highest BCUT2D eigenvalue weighted by Gasteiger charge is 2.02. The highest BCUT2D eigenvalue weighted by Crippen LogP contribution is 2.12. The topological polar surface area (TPSA) is 47.0 Å². The van der Waals surface area contributed by atoms with Gasteiger partial charge in [-0.05, 0) is 6.42 Å². The van der Waals surface area contributed by atoms with Gasteiger partial charge in [0.2, 0.25) is 0 Å². The SMILES string of the molecule is CCCCCCCCNc1cc(Cl)nc(COC)n1. The predicted molar refractivity (Wildman–Crippen MR) is 79.6 cm³/mol. The van der Waals surface area contributed by atoms with Gasteiger partial charge in [0.1, 0.15) is 17.6 Å². The van der Waals surface area contributed by atoms with E-state index >= 15 is 0 Å². The first kappa shape index (κ1) is 16.2. The first-order valence-corrected chi connectivity index (χ1v) is 7.40. The molecule has 0 aliphatic heterocycles. The molecule has 4 nitrogen and oxygen atoms in total. The largest absolute Gasteiger partial charge is 0.377 e. The first-order valence-electron chi connectivity index (χ1n) is 7.02. The fourth-order valence-electron chi connectivity index (χ4n) is 1.87. The maximum absolute atomic E-state index is 5.94. The van der Waals surface area contributed by atoms with E-state index in [0.717, 1.165) is 18.8 Å². The van der Waals surface area contributed by atoms with E-state index in [1.165, 1.54) is 32.1 Å². The van der Waals surface area contributed by atoms with E-state index in [1.54, 1.807) is 13.2 Å². The van der Waals surface area contributed by atoms with Gasteiger partial charge in [-0.2, -0.15) is 0 Å². The summed E-state index contributed by atoms with van der Waals surface area (Å²) in [7, 11) is 1.62. The molecule has 0 saturated heterocycles. The summed E-state index contributed by atoms with van der Waals surface area (Å²) in [5.41, 5.74) is 0. The molecule has 0 amide bonds. The monoisotopic (exact) mass is 285 g/mol. The maximum atomic E-state index is 5.94. The van der Waals surface area contributed by atoms with Crippen LogP contribution in [0.5, 0.6) is 0 Å². The van der Waals surface area contributed by atoms with Crippen LogP contribution in [0.4, 0.5) is 5.82 Å². The Morgan fingerprint density at radius 3 is 2.63 bits per heavy atom. The van der Waals surface area contributed by atoms with Gasteiger partial charge in [0.25, 0.3) is 0 Å². The van der Waals surface area contributed by atoms with E-state index in [2.05, 4.69) is 22.2 Å². The van der Waals surface area contributed by atoms with Crippen LogP contribution in [0.25, 0.3) is 0 Å². The van der Waals surface area contributed by atoms with Crippen molar-refractivity contribution in [1.82, 2.24) is 9.97 Å². The molecule has 0 bridgehead atoms. The van der Waals surface area contributed by atoms with Gasteiger partial charge in [-0.3, -0.25) is 0 Å². The fourth-order valence-corrected chi connectivity index (χ4v) is 2.07. The van der Waals surface area contributed by atoms with Crippen LogP contribution in [-0.4, -0.2) is 23.6 Å². The molecule has 0 spiro atoms. The van der Waals surface area contributed by atoms with E-state index in [0.29, 0.717) is 17.6 Å². The molecule has 1 aromatic heterocycles. The Labute approximate surface area is 120 Å². The molecular formula is C14H24ClN3O. The number of anilines is 1. The van der Waals surface area contributed by atoms with Crippen LogP contribution in [0.3, 0.4) is 0 Å². The second-order valence-electron chi connectivity index (χ2n) is 4.62. The number of rotatable bonds is 10. The van der Waals surface area contributed by atoms with Gasteiger partial charge in [-0.25, -0.2) is 9.97 Å². The van der Waals surface area contributed by atoms with Crippen molar-refractivity contribution >= 4 is 17.4 Å². The minimum absolute atomic E-state index is 0.381. The number of nitrogens with one attached hydrogen (secondary N) is 1. The molecular weight excluding hydrogens is 262 g/mol. The minimum atomic E-state index is 0.381. The summed E-state index contributed by atoms with van der Waals surface area (Å²) in [5, 5.41) is 3.74. The number of unbranched alkanes of at least 4 members (excludes halogenated alkanes) is 5. The zero-order valence-corrected chi connectivity index (χ0v) is 12.7. The van der Waals surface area contributed by atoms with Gasteiger partial charge < -0.3 is 10.1 Å². The highest BCUT2D eigenvalue weighted by molar-refractivity contribution is 6.29. The third-order valence-corrected chi connectivity index (χ3v) is 3.04. The molecule has 0 fully saturated rings. The molecule has 0 unspecified atom stereocenters. The second-order valence-corrected chi connectivity index (χ2v) is 5.01. The number of nitrogens with zero attached hydrogens (tertiary/aromatic N) is 2. The normalized spacial score (nSPS) is 10.7. The molecule has 0 radical (unpaired) electrons. The van der Waals surface area contributed by atoms with Crippen LogP contribution >= 0.6 is 11.6 Å². The van der Waals surface area contributed by atoms with Crippen molar-refractivity contribution < 1.29 is 4.74 Å². The van der Waals surface area contributed by atoms with Gasteiger partial charge in [-0.15, -0.1) is 0 Å². The van der Waals surface area contributed by atoms with Crippen molar-refractivity contribution in [1.29, 1.82) is 0 Å². The second kappa shape index (κ2) is 9.98. The molecule has 108 valence electrons. The summed E-state index contributed by atoms with van der Waals surface area (Å²) in [6.07, 6.45) is 7.71. The Morgan fingerprint density at radius 1 is 1.16 bits per heavy atom. The zero-order valence-electron chi connectivity index (χ0n) is 11.9. The van der Waals surface area contributed by atoms with Gasteiger partial charge in [0, 0.05) is 19.7 Å². The minimum Gasteiger partial charge on any atom is -0.377 e. The molecule has 0 aliphatic carbocycles. The van der Waals surface area contributed by atoms with Crippen LogP contribution < -0.4 is 5.32 Å². The lowest BCUT2D eigenvalue weighted by molar-refractivity contribution is 0.178. The summed E-state index contributed by atoms with van der Waals surface area (Å²) >= 11 is 5.94. The Balaban J connectivity index is 2.25. The van der Waals surface area contributed by atoms with E-state index in [9.17, 15) is 0 Å². The molecule has 0 saturated carbocycles. The third-order valence-electron chi connectivity index (χ3n) is 2.85. The number of methoxy groups -OCH3 is 1. The van der Waals surface area contributed by atoms with E-state index in [4.69, 9.17) is 16.3 Å². The Hall–Kier alpha value is -0.870. The fraction of sp³-hybridized carbons (Fsp3) is 0.714. The third kappa shape index (κ3) is 7.33. The Kier molecular flexibility index (Phi) is 8.50. The maximum Gasteiger partial charge on any atom is 0.158 e. The lowest BCUT2D eigenvalue weighted by Crippen LogP contribution is -2.06. The van der Waals surface area contributed by atoms with Crippen molar-refractivity contribution in [2.45, 2.75) is 52.1 Å². The van der Waals surface area contributed by atoms with Crippen LogP contribution in [0.1, 0.15) is 51.3 Å². The highest BCUT2D eigenvalue weighted by atomic mass is 35.5. The number of ether oxygens (including phenoxy) is 1.